The summed E-state index contributed by atoms with van der Waals surface area (Å²) in [6.45, 7) is 6.39. The second kappa shape index (κ2) is 5.18. The smallest absolute Gasteiger partial charge is 0.134 e. The molecule has 2 aromatic heterocycles. The van der Waals surface area contributed by atoms with Gasteiger partial charge in [0.2, 0.25) is 0 Å². The summed E-state index contributed by atoms with van der Waals surface area (Å²) in [5, 5.41) is 8.79. The van der Waals surface area contributed by atoms with E-state index in [-0.39, 0.29) is 0 Å². The van der Waals surface area contributed by atoms with Crippen LogP contribution in [-0.4, -0.2) is 36.7 Å². The van der Waals surface area contributed by atoms with Crippen LogP contribution in [0.25, 0.3) is 0 Å². The number of fused-ring (bicyclic) bond motifs is 3. The van der Waals surface area contributed by atoms with Gasteiger partial charge < -0.3 is 4.57 Å². The Labute approximate surface area is 129 Å². The van der Waals surface area contributed by atoms with Crippen molar-refractivity contribution < 1.29 is 0 Å². The Balaban J connectivity index is 1.62. The Bertz CT molecular complexity index is 646. The van der Waals surface area contributed by atoms with Gasteiger partial charge in [-0.15, -0.1) is 21.5 Å². The molecule has 2 aliphatic heterocycles. The molecule has 0 aliphatic carbocycles. The van der Waals surface area contributed by atoms with Crippen molar-refractivity contribution >= 4 is 11.3 Å². The molecular weight excluding hydrogens is 282 g/mol. The van der Waals surface area contributed by atoms with Crippen LogP contribution in [0.4, 0.5) is 0 Å². The van der Waals surface area contributed by atoms with Gasteiger partial charge in [0, 0.05) is 42.9 Å². The van der Waals surface area contributed by atoms with Crippen molar-refractivity contribution in [2.75, 3.05) is 0 Å². The van der Waals surface area contributed by atoms with E-state index < -0.39 is 0 Å². The van der Waals surface area contributed by atoms with Gasteiger partial charge in [0.15, 0.2) is 0 Å². The lowest BCUT2D eigenvalue weighted by Crippen LogP contribution is -2.36. The number of hydrogen-bond donors (Lipinski definition) is 0. The minimum absolute atomic E-state index is 0.617. The number of aromatic nitrogens is 4. The van der Waals surface area contributed by atoms with Crippen molar-refractivity contribution in [1.82, 2.24) is 24.6 Å². The van der Waals surface area contributed by atoms with Crippen molar-refractivity contribution in [2.24, 2.45) is 0 Å². The summed E-state index contributed by atoms with van der Waals surface area (Å²) in [5.74, 6) is 2.33. The highest BCUT2D eigenvalue weighted by atomic mass is 32.1. The van der Waals surface area contributed by atoms with E-state index in [4.69, 9.17) is 0 Å². The third-order valence-corrected chi connectivity index (χ3v) is 5.89. The number of hydrogen-bond acceptors (Lipinski definition) is 5. The first-order chi connectivity index (χ1) is 10.3. The van der Waals surface area contributed by atoms with Crippen molar-refractivity contribution in [2.45, 2.75) is 64.7 Å². The summed E-state index contributed by atoms with van der Waals surface area (Å²) in [5.41, 5.74) is 3.16. The maximum absolute atomic E-state index is 4.43. The molecule has 0 radical (unpaired) electrons. The van der Waals surface area contributed by atoms with E-state index in [9.17, 15) is 0 Å². The molecule has 112 valence electrons. The molecule has 5 nitrogen and oxygen atoms in total. The van der Waals surface area contributed by atoms with Crippen LogP contribution in [0.5, 0.6) is 0 Å². The Morgan fingerprint density at radius 3 is 2.90 bits per heavy atom. The molecule has 1 saturated heterocycles. The maximum Gasteiger partial charge on any atom is 0.134 e. The molecule has 1 fully saturated rings. The maximum atomic E-state index is 4.43. The topological polar surface area (TPSA) is 46.8 Å². The van der Waals surface area contributed by atoms with Crippen molar-refractivity contribution in [3.63, 3.8) is 0 Å². The SMILES string of the molecule is CCc1nnc2n1CC1CCC(C2)N1Cc1scnc1C. The largest absolute Gasteiger partial charge is 0.313 e. The number of rotatable bonds is 3. The molecular formula is C15H21N5S. The van der Waals surface area contributed by atoms with Gasteiger partial charge in [-0.3, -0.25) is 4.90 Å². The van der Waals surface area contributed by atoms with E-state index in [1.807, 2.05) is 5.51 Å². The van der Waals surface area contributed by atoms with Crippen LogP contribution in [0.1, 0.15) is 42.0 Å². The molecule has 0 aromatic carbocycles. The fraction of sp³-hybridized carbons (Fsp3) is 0.667. The summed E-state index contributed by atoms with van der Waals surface area (Å²) in [7, 11) is 0. The monoisotopic (exact) mass is 303 g/mol. The molecule has 2 unspecified atom stereocenters. The summed E-state index contributed by atoms with van der Waals surface area (Å²) in [4.78, 5) is 8.50. The zero-order chi connectivity index (χ0) is 14.4. The number of nitrogens with zero attached hydrogens (tertiary/aromatic N) is 5. The molecule has 2 aliphatic rings. The predicted molar refractivity (Wildman–Crippen MR) is 82.3 cm³/mol. The molecule has 0 amide bonds. The van der Waals surface area contributed by atoms with Gasteiger partial charge in [0.05, 0.1) is 11.2 Å². The molecule has 4 heterocycles. The number of thiazole rings is 1. The Morgan fingerprint density at radius 2 is 2.14 bits per heavy atom. The fourth-order valence-electron chi connectivity index (χ4n) is 3.75. The van der Waals surface area contributed by atoms with Crippen molar-refractivity contribution in [1.29, 1.82) is 0 Å². The van der Waals surface area contributed by atoms with Gasteiger partial charge in [-0.25, -0.2) is 4.98 Å². The molecule has 2 bridgehead atoms. The summed E-state index contributed by atoms with van der Waals surface area (Å²) < 4.78 is 2.37. The van der Waals surface area contributed by atoms with E-state index >= 15 is 0 Å². The summed E-state index contributed by atoms with van der Waals surface area (Å²) in [6, 6.07) is 1.24. The van der Waals surface area contributed by atoms with Crippen LogP contribution in [0, 0.1) is 6.92 Å². The lowest BCUT2D eigenvalue weighted by Gasteiger charge is -2.27. The van der Waals surface area contributed by atoms with Crippen LogP contribution in [0.15, 0.2) is 5.51 Å². The van der Waals surface area contributed by atoms with Crippen LogP contribution < -0.4 is 0 Å². The van der Waals surface area contributed by atoms with Crippen molar-refractivity contribution in [3.05, 3.63) is 27.7 Å². The molecule has 0 saturated carbocycles. The highest BCUT2D eigenvalue weighted by Gasteiger charge is 2.38. The highest BCUT2D eigenvalue weighted by molar-refractivity contribution is 7.09. The lowest BCUT2D eigenvalue weighted by atomic mass is 10.1. The third-order valence-electron chi connectivity index (χ3n) is 4.97. The Kier molecular flexibility index (Phi) is 3.30. The average Bonchev–Trinajstić information content (AvgIpc) is 3.11. The first-order valence-corrected chi connectivity index (χ1v) is 8.70. The van der Waals surface area contributed by atoms with Gasteiger partial charge in [0.25, 0.3) is 0 Å². The first kappa shape index (κ1) is 13.4. The van der Waals surface area contributed by atoms with E-state index in [0.29, 0.717) is 12.1 Å². The third kappa shape index (κ3) is 2.21. The second-order valence-corrected chi connectivity index (χ2v) is 7.06. The van der Waals surface area contributed by atoms with Gasteiger partial charge in [0.1, 0.15) is 11.6 Å². The van der Waals surface area contributed by atoms with Gasteiger partial charge in [-0.1, -0.05) is 6.92 Å². The molecule has 21 heavy (non-hydrogen) atoms. The van der Waals surface area contributed by atoms with Gasteiger partial charge >= 0.3 is 0 Å². The van der Waals surface area contributed by atoms with Gasteiger partial charge in [-0.2, -0.15) is 0 Å². The Hall–Kier alpha value is -1.27. The van der Waals surface area contributed by atoms with Gasteiger partial charge in [-0.05, 0) is 19.8 Å². The van der Waals surface area contributed by atoms with E-state index in [2.05, 4.69) is 38.5 Å². The van der Waals surface area contributed by atoms with E-state index in [0.717, 1.165) is 31.8 Å². The molecule has 4 rings (SSSR count). The van der Waals surface area contributed by atoms with E-state index in [1.54, 1.807) is 11.3 Å². The zero-order valence-electron chi connectivity index (χ0n) is 12.6. The molecule has 0 spiro atoms. The Morgan fingerprint density at radius 1 is 1.29 bits per heavy atom. The van der Waals surface area contributed by atoms with E-state index in [1.165, 1.54) is 29.2 Å². The molecule has 2 atom stereocenters. The fourth-order valence-corrected chi connectivity index (χ4v) is 4.53. The standard InChI is InChI=1S/C15H21N5S/c1-3-14-17-18-15-6-11-4-5-12(7-20(14)15)19(11)8-13-10(2)16-9-21-13/h9,11-12H,3-8H2,1-2H3. The lowest BCUT2D eigenvalue weighted by molar-refractivity contribution is 0.181. The molecule has 2 aromatic rings. The molecule has 6 heteroatoms. The highest BCUT2D eigenvalue weighted by Crippen LogP contribution is 2.33. The second-order valence-electron chi connectivity index (χ2n) is 6.12. The first-order valence-electron chi connectivity index (χ1n) is 7.82. The van der Waals surface area contributed by atoms with Crippen LogP contribution in [-0.2, 0) is 25.9 Å². The predicted octanol–water partition coefficient (Wildman–Crippen LogP) is 2.19. The average molecular weight is 303 g/mol. The zero-order valence-corrected chi connectivity index (χ0v) is 13.4. The van der Waals surface area contributed by atoms with Crippen LogP contribution in [0.2, 0.25) is 0 Å². The minimum atomic E-state index is 0.617. The van der Waals surface area contributed by atoms with Crippen LogP contribution in [0.3, 0.4) is 0 Å². The minimum Gasteiger partial charge on any atom is -0.313 e. The normalized spacial score (nSPS) is 25.0. The molecule has 0 N–H and O–H groups in total. The van der Waals surface area contributed by atoms with Crippen molar-refractivity contribution in [3.8, 4) is 0 Å². The quantitative estimate of drug-likeness (QED) is 0.872. The number of aryl methyl sites for hydroxylation is 2. The van der Waals surface area contributed by atoms with Crippen LogP contribution >= 0.6 is 11.3 Å². The summed E-state index contributed by atoms with van der Waals surface area (Å²) >= 11 is 1.79. The summed E-state index contributed by atoms with van der Waals surface area (Å²) in [6.07, 6.45) is 4.60.